The van der Waals surface area contributed by atoms with Crippen LogP contribution in [-0.4, -0.2) is 22.1 Å². The van der Waals surface area contributed by atoms with Crippen molar-refractivity contribution in [3.8, 4) is 0 Å². The normalized spacial score (nSPS) is 10.0. The van der Waals surface area contributed by atoms with E-state index >= 15 is 0 Å². The molecule has 0 aromatic heterocycles. The number of anilines is 1. The van der Waals surface area contributed by atoms with Crippen molar-refractivity contribution in [3.05, 3.63) is 64.2 Å². The minimum atomic E-state index is -1.04. The molecule has 5 nitrogen and oxygen atoms in total. The zero-order chi connectivity index (χ0) is 17.0. The van der Waals surface area contributed by atoms with Gasteiger partial charge in [0.1, 0.15) is 0 Å². The van der Waals surface area contributed by atoms with Crippen molar-refractivity contribution in [1.29, 1.82) is 0 Å². The van der Waals surface area contributed by atoms with Crippen molar-refractivity contribution in [2.24, 2.45) is 0 Å². The highest BCUT2D eigenvalue weighted by molar-refractivity contribution is 7.80. The third-order valence-corrected chi connectivity index (χ3v) is 3.64. The number of carbonyl (C=O) groups is 2. The first-order chi connectivity index (χ1) is 10.9. The molecule has 0 heterocycles. The number of aryl methyl sites for hydroxylation is 1. The first-order valence-corrected chi connectivity index (χ1v) is 7.37. The van der Waals surface area contributed by atoms with Crippen LogP contribution >= 0.6 is 23.8 Å². The fraction of sp³-hybridized carbons (Fsp3) is 0.0625. The Kier molecular flexibility index (Phi) is 5.31. The Balaban J connectivity index is 2.04. The van der Waals surface area contributed by atoms with Crippen molar-refractivity contribution in [3.63, 3.8) is 0 Å². The molecule has 0 saturated heterocycles. The molecule has 23 heavy (non-hydrogen) atoms. The molecule has 7 heteroatoms. The van der Waals surface area contributed by atoms with Crippen LogP contribution in [0.25, 0.3) is 0 Å². The third-order valence-electron chi connectivity index (χ3n) is 3.03. The number of aromatic carboxylic acids is 1. The second-order valence-electron chi connectivity index (χ2n) is 4.76. The van der Waals surface area contributed by atoms with Crippen LogP contribution < -0.4 is 10.6 Å². The molecule has 3 N–H and O–H groups in total. The number of hydrogen-bond donors (Lipinski definition) is 3. The summed E-state index contributed by atoms with van der Waals surface area (Å²) in [6.07, 6.45) is 0. The van der Waals surface area contributed by atoms with Gasteiger partial charge in [-0.3, -0.25) is 10.1 Å². The number of hydrogen-bond acceptors (Lipinski definition) is 3. The van der Waals surface area contributed by atoms with Crippen LogP contribution in [0.1, 0.15) is 26.3 Å². The smallest absolute Gasteiger partial charge is 0.335 e. The van der Waals surface area contributed by atoms with Crippen LogP contribution in [0.15, 0.2) is 42.5 Å². The lowest BCUT2D eigenvalue weighted by molar-refractivity contribution is 0.0696. The van der Waals surface area contributed by atoms with E-state index < -0.39 is 11.9 Å². The van der Waals surface area contributed by atoms with Gasteiger partial charge >= 0.3 is 5.97 Å². The summed E-state index contributed by atoms with van der Waals surface area (Å²) in [5.41, 5.74) is 1.84. The van der Waals surface area contributed by atoms with Crippen LogP contribution in [0.5, 0.6) is 0 Å². The van der Waals surface area contributed by atoms with Crippen LogP contribution in [0.3, 0.4) is 0 Å². The molecule has 0 spiro atoms. The monoisotopic (exact) mass is 348 g/mol. The van der Waals surface area contributed by atoms with Gasteiger partial charge in [0, 0.05) is 16.3 Å². The minimum Gasteiger partial charge on any atom is -0.478 e. The van der Waals surface area contributed by atoms with E-state index in [0.29, 0.717) is 16.3 Å². The Morgan fingerprint density at radius 1 is 1.13 bits per heavy atom. The molecule has 0 fully saturated rings. The highest BCUT2D eigenvalue weighted by Gasteiger charge is 2.10. The molecule has 1 amide bonds. The van der Waals surface area contributed by atoms with E-state index in [2.05, 4.69) is 10.6 Å². The number of halogens is 1. The fourth-order valence-corrected chi connectivity index (χ4v) is 2.19. The van der Waals surface area contributed by atoms with Crippen molar-refractivity contribution in [2.75, 3.05) is 5.32 Å². The molecule has 2 aromatic rings. The summed E-state index contributed by atoms with van der Waals surface area (Å²) < 4.78 is 0. The SMILES string of the molecule is Cc1ccc(C(=O)NC(=S)Nc2cccc(C(=O)O)c2)cc1Cl. The number of amides is 1. The van der Waals surface area contributed by atoms with Crippen molar-refractivity contribution < 1.29 is 14.7 Å². The van der Waals surface area contributed by atoms with Gasteiger partial charge in [0.2, 0.25) is 0 Å². The number of carboxylic acid groups (broad SMARTS) is 1. The average Bonchev–Trinajstić information content (AvgIpc) is 2.50. The maximum Gasteiger partial charge on any atom is 0.335 e. The van der Waals surface area contributed by atoms with Gasteiger partial charge in [-0.25, -0.2) is 4.79 Å². The summed E-state index contributed by atoms with van der Waals surface area (Å²) in [5.74, 6) is -1.45. The van der Waals surface area contributed by atoms with Crippen LogP contribution in [-0.2, 0) is 0 Å². The van der Waals surface area contributed by atoms with E-state index in [0.717, 1.165) is 5.56 Å². The van der Waals surface area contributed by atoms with Crippen LogP contribution in [0.4, 0.5) is 5.69 Å². The van der Waals surface area contributed by atoms with Crippen molar-refractivity contribution in [1.82, 2.24) is 5.32 Å². The number of thiocarbonyl (C=S) groups is 1. The maximum absolute atomic E-state index is 12.1. The largest absolute Gasteiger partial charge is 0.478 e. The van der Waals surface area contributed by atoms with Crippen molar-refractivity contribution >= 4 is 46.5 Å². The Labute approximate surface area is 143 Å². The van der Waals surface area contributed by atoms with Gasteiger partial charge in [-0.15, -0.1) is 0 Å². The Morgan fingerprint density at radius 3 is 2.52 bits per heavy atom. The summed E-state index contributed by atoms with van der Waals surface area (Å²) in [6, 6.07) is 11.0. The predicted molar refractivity (Wildman–Crippen MR) is 93.3 cm³/mol. The number of rotatable bonds is 3. The van der Waals surface area contributed by atoms with Gasteiger partial charge in [-0.2, -0.15) is 0 Å². The lowest BCUT2D eigenvalue weighted by atomic mass is 10.1. The lowest BCUT2D eigenvalue weighted by Gasteiger charge is -2.10. The van der Waals surface area contributed by atoms with Gasteiger partial charge in [-0.05, 0) is 55.0 Å². The first kappa shape index (κ1) is 16.9. The standard InChI is InChI=1S/C16H13ClN2O3S/c1-9-5-6-10(8-13(9)17)14(20)19-16(23)18-12-4-2-3-11(7-12)15(21)22/h2-8H,1H3,(H,21,22)(H2,18,19,20,23). The summed E-state index contributed by atoms with van der Waals surface area (Å²) in [4.78, 5) is 23.0. The number of carbonyl (C=O) groups excluding carboxylic acids is 1. The summed E-state index contributed by atoms with van der Waals surface area (Å²) in [6.45, 7) is 1.84. The fourth-order valence-electron chi connectivity index (χ4n) is 1.80. The van der Waals surface area contributed by atoms with Crippen LogP contribution in [0.2, 0.25) is 5.02 Å². The zero-order valence-electron chi connectivity index (χ0n) is 12.1. The number of carboxylic acids is 1. The second-order valence-corrected chi connectivity index (χ2v) is 5.57. The second kappa shape index (κ2) is 7.21. The molecule has 118 valence electrons. The molecule has 0 radical (unpaired) electrons. The molecule has 0 aliphatic rings. The van der Waals surface area contributed by atoms with Gasteiger partial charge in [0.15, 0.2) is 5.11 Å². The molecule has 0 aliphatic carbocycles. The minimum absolute atomic E-state index is 0.0641. The molecule has 0 atom stereocenters. The van der Waals surface area contributed by atoms with E-state index in [9.17, 15) is 9.59 Å². The van der Waals surface area contributed by atoms with Gasteiger partial charge in [-0.1, -0.05) is 23.7 Å². The van der Waals surface area contributed by atoms with E-state index in [4.69, 9.17) is 28.9 Å². The molecular formula is C16H13ClN2O3S. The third kappa shape index (κ3) is 4.51. The number of nitrogens with one attached hydrogen (secondary N) is 2. The summed E-state index contributed by atoms with van der Waals surface area (Å²) >= 11 is 11.0. The van der Waals surface area contributed by atoms with E-state index in [1.165, 1.54) is 12.1 Å². The average molecular weight is 349 g/mol. The molecule has 2 aromatic carbocycles. The van der Waals surface area contributed by atoms with Crippen molar-refractivity contribution in [2.45, 2.75) is 6.92 Å². The highest BCUT2D eigenvalue weighted by atomic mass is 35.5. The highest BCUT2D eigenvalue weighted by Crippen LogP contribution is 2.16. The van der Waals surface area contributed by atoms with E-state index in [1.54, 1.807) is 30.3 Å². The first-order valence-electron chi connectivity index (χ1n) is 6.58. The van der Waals surface area contributed by atoms with Gasteiger partial charge in [0.25, 0.3) is 5.91 Å². The number of benzene rings is 2. The molecular weight excluding hydrogens is 336 g/mol. The molecule has 0 aliphatic heterocycles. The zero-order valence-corrected chi connectivity index (χ0v) is 13.7. The lowest BCUT2D eigenvalue weighted by Crippen LogP contribution is -2.34. The topological polar surface area (TPSA) is 78.4 Å². The summed E-state index contributed by atoms with van der Waals surface area (Å²) in [5, 5.41) is 14.8. The Bertz CT molecular complexity index is 793. The maximum atomic E-state index is 12.1. The molecule has 0 saturated carbocycles. The van der Waals surface area contributed by atoms with Gasteiger partial charge < -0.3 is 10.4 Å². The van der Waals surface area contributed by atoms with Crippen LogP contribution in [0, 0.1) is 6.92 Å². The van der Waals surface area contributed by atoms with E-state index in [-0.39, 0.29) is 10.7 Å². The Morgan fingerprint density at radius 2 is 1.87 bits per heavy atom. The quantitative estimate of drug-likeness (QED) is 0.740. The molecule has 2 rings (SSSR count). The van der Waals surface area contributed by atoms with E-state index in [1.807, 2.05) is 6.92 Å². The van der Waals surface area contributed by atoms with Gasteiger partial charge in [0.05, 0.1) is 5.56 Å². The Hall–Kier alpha value is -2.44. The molecule has 0 bridgehead atoms. The predicted octanol–water partition coefficient (Wildman–Crippen LogP) is 3.47. The molecule has 0 unspecified atom stereocenters. The summed E-state index contributed by atoms with van der Waals surface area (Å²) in [7, 11) is 0.